The minimum absolute atomic E-state index is 0.104. The van der Waals surface area contributed by atoms with E-state index in [9.17, 15) is 14.0 Å². The van der Waals surface area contributed by atoms with Crippen LogP contribution < -0.4 is 15.4 Å². The number of anilines is 1. The fourth-order valence-electron chi connectivity index (χ4n) is 3.91. The molecule has 0 aliphatic carbocycles. The normalized spacial score (nSPS) is 17.8. The van der Waals surface area contributed by atoms with Gasteiger partial charge in [-0.05, 0) is 36.8 Å². The Morgan fingerprint density at radius 3 is 2.63 bits per heavy atom. The topological polar surface area (TPSA) is 85.2 Å². The van der Waals surface area contributed by atoms with E-state index in [2.05, 4.69) is 15.7 Å². The van der Waals surface area contributed by atoms with Crippen molar-refractivity contribution in [3.05, 3.63) is 76.7 Å². The lowest BCUT2D eigenvalue weighted by Crippen LogP contribution is -2.50. The van der Waals surface area contributed by atoms with Crippen molar-refractivity contribution in [2.24, 2.45) is 7.05 Å². The zero-order valence-corrected chi connectivity index (χ0v) is 16.8. The van der Waals surface area contributed by atoms with Crippen LogP contribution in [0.4, 0.5) is 10.2 Å². The predicted molar refractivity (Wildman–Crippen MR) is 109 cm³/mol. The second kappa shape index (κ2) is 7.62. The molecule has 1 aliphatic rings. The number of fused-ring (bicyclic) bond motifs is 1. The Balaban J connectivity index is 1.81. The third-order valence-corrected chi connectivity index (χ3v) is 5.29. The second-order valence-electron chi connectivity index (χ2n) is 7.15. The number of nitrogens with zero attached hydrogens (tertiary/aromatic N) is 2. The van der Waals surface area contributed by atoms with Gasteiger partial charge in [-0.3, -0.25) is 14.3 Å². The van der Waals surface area contributed by atoms with Crippen LogP contribution >= 0.6 is 0 Å². The average Bonchev–Trinajstić information content (AvgIpc) is 3.02. The number of carbonyl (C=O) groups excluding carboxylic acids is 2. The van der Waals surface area contributed by atoms with Gasteiger partial charge in [-0.1, -0.05) is 24.3 Å². The zero-order chi connectivity index (χ0) is 21.4. The van der Waals surface area contributed by atoms with Crippen LogP contribution in [-0.2, 0) is 11.8 Å². The first-order valence-electron chi connectivity index (χ1n) is 9.44. The van der Waals surface area contributed by atoms with Gasteiger partial charge in [-0.15, -0.1) is 0 Å². The highest BCUT2D eigenvalue weighted by molar-refractivity contribution is 6.03. The highest BCUT2D eigenvalue weighted by Crippen LogP contribution is 2.40. The molecule has 0 fully saturated rings. The highest BCUT2D eigenvalue weighted by atomic mass is 19.1. The second-order valence-corrected chi connectivity index (χ2v) is 7.15. The summed E-state index contributed by atoms with van der Waals surface area (Å²) in [4.78, 5) is 25.8. The number of benzene rings is 2. The summed E-state index contributed by atoms with van der Waals surface area (Å²) in [6, 6.07) is 12.2. The lowest BCUT2D eigenvalue weighted by Gasteiger charge is -2.32. The Bertz CT molecular complexity index is 1130. The summed E-state index contributed by atoms with van der Waals surface area (Å²) < 4.78 is 21.1. The van der Waals surface area contributed by atoms with Crippen molar-refractivity contribution in [1.29, 1.82) is 0 Å². The van der Waals surface area contributed by atoms with E-state index in [0.29, 0.717) is 22.6 Å². The number of aryl methyl sites for hydroxylation is 2. The third kappa shape index (κ3) is 3.30. The summed E-state index contributed by atoms with van der Waals surface area (Å²) in [7, 11) is 3.11. The van der Waals surface area contributed by atoms with Crippen LogP contribution in [-0.4, -0.2) is 34.7 Å². The van der Waals surface area contributed by atoms with Gasteiger partial charge in [0.1, 0.15) is 11.9 Å². The van der Waals surface area contributed by atoms with E-state index in [4.69, 9.17) is 4.74 Å². The number of hydrogen-bond donors (Lipinski definition) is 2. The van der Waals surface area contributed by atoms with Gasteiger partial charge in [-0.2, -0.15) is 5.10 Å². The van der Waals surface area contributed by atoms with Gasteiger partial charge in [-0.25, -0.2) is 4.39 Å². The molecule has 2 amide bonds. The average molecular weight is 408 g/mol. The van der Waals surface area contributed by atoms with Gasteiger partial charge in [0.15, 0.2) is 11.6 Å². The molecule has 0 saturated heterocycles. The molecule has 1 aliphatic heterocycles. The molecule has 0 unspecified atom stereocenters. The van der Waals surface area contributed by atoms with Crippen molar-refractivity contribution in [2.45, 2.75) is 18.9 Å². The summed E-state index contributed by atoms with van der Waals surface area (Å²) in [5.41, 5.74) is 2.39. The Hall–Kier alpha value is -3.68. The fourth-order valence-corrected chi connectivity index (χ4v) is 3.91. The number of methoxy groups -OCH3 is 1. The van der Waals surface area contributed by atoms with Gasteiger partial charge in [0.05, 0.1) is 12.8 Å². The van der Waals surface area contributed by atoms with Crippen LogP contribution in [0.2, 0.25) is 0 Å². The number of nitrogens with one attached hydrogen (secondary N) is 2. The van der Waals surface area contributed by atoms with Crippen molar-refractivity contribution in [3.8, 4) is 5.75 Å². The maximum Gasteiger partial charge on any atom is 0.251 e. The minimum atomic E-state index is -0.944. The molecule has 2 heterocycles. The van der Waals surface area contributed by atoms with E-state index < -0.39 is 23.7 Å². The quantitative estimate of drug-likeness (QED) is 0.695. The zero-order valence-electron chi connectivity index (χ0n) is 16.8. The lowest BCUT2D eigenvalue weighted by molar-refractivity contribution is -0.118. The summed E-state index contributed by atoms with van der Waals surface area (Å²) in [6.07, 6.45) is 0. The number of hydrogen-bond acceptors (Lipinski definition) is 4. The molecule has 30 heavy (non-hydrogen) atoms. The van der Waals surface area contributed by atoms with Gasteiger partial charge < -0.3 is 15.4 Å². The number of rotatable bonds is 4. The first kappa shape index (κ1) is 19.6. The van der Waals surface area contributed by atoms with E-state index in [0.717, 1.165) is 5.56 Å². The molecular weight excluding hydrogens is 387 g/mol. The third-order valence-electron chi connectivity index (χ3n) is 5.29. The van der Waals surface area contributed by atoms with E-state index in [1.54, 1.807) is 48.1 Å². The highest BCUT2D eigenvalue weighted by Gasteiger charge is 2.41. The number of aromatic nitrogens is 2. The number of carbonyl (C=O) groups is 2. The predicted octanol–water partition coefficient (Wildman–Crippen LogP) is 2.76. The summed E-state index contributed by atoms with van der Waals surface area (Å²) >= 11 is 0. The molecule has 8 heteroatoms. The van der Waals surface area contributed by atoms with Crippen molar-refractivity contribution in [1.82, 2.24) is 15.1 Å². The summed E-state index contributed by atoms with van der Waals surface area (Å²) in [5, 5.41) is 10.0. The first-order chi connectivity index (χ1) is 14.4. The van der Waals surface area contributed by atoms with Crippen molar-refractivity contribution < 1.29 is 18.7 Å². The van der Waals surface area contributed by atoms with Crippen LogP contribution in [0.1, 0.15) is 33.1 Å². The van der Waals surface area contributed by atoms with E-state index >= 15 is 0 Å². The van der Waals surface area contributed by atoms with Crippen LogP contribution in [0.3, 0.4) is 0 Å². The molecule has 2 N–H and O–H groups in total. The van der Waals surface area contributed by atoms with E-state index in [-0.39, 0.29) is 11.7 Å². The standard InChI is InChI=1S/C22H21FN4O3/c1-12-17-18(14-9-10-16(30-3)15(23)11-14)19(22(29)25-20(17)27(2)26-12)24-21(28)13-7-5-4-6-8-13/h4-11,18-19H,1-3H3,(H,24,28)(H,25,29)/t18-,19+/m0/s1. The molecule has 4 rings (SSSR count). The molecule has 2 atom stereocenters. The lowest BCUT2D eigenvalue weighted by atomic mass is 9.81. The summed E-state index contributed by atoms with van der Waals surface area (Å²) in [5.74, 6) is -1.31. The van der Waals surface area contributed by atoms with Gasteiger partial charge in [0.25, 0.3) is 5.91 Å². The molecule has 0 radical (unpaired) electrons. The smallest absolute Gasteiger partial charge is 0.251 e. The molecule has 2 aromatic carbocycles. The fraction of sp³-hybridized carbons (Fsp3) is 0.227. The van der Waals surface area contributed by atoms with Gasteiger partial charge in [0.2, 0.25) is 5.91 Å². The van der Waals surface area contributed by atoms with Crippen molar-refractivity contribution in [3.63, 3.8) is 0 Å². The van der Waals surface area contributed by atoms with E-state index in [1.807, 2.05) is 6.92 Å². The van der Waals surface area contributed by atoms with Crippen LogP contribution in [0.15, 0.2) is 48.5 Å². The maximum atomic E-state index is 14.5. The van der Waals surface area contributed by atoms with Crippen LogP contribution in [0.25, 0.3) is 0 Å². The van der Waals surface area contributed by atoms with Crippen LogP contribution in [0.5, 0.6) is 5.75 Å². The molecule has 7 nitrogen and oxygen atoms in total. The Kier molecular flexibility index (Phi) is 4.99. The van der Waals surface area contributed by atoms with Crippen molar-refractivity contribution in [2.75, 3.05) is 12.4 Å². The Morgan fingerprint density at radius 1 is 1.23 bits per heavy atom. The Labute approximate surface area is 172 Å². The van der Waals surface area contributed by atoms with Crippen LogP contribution in [0, 0.1) is 12.7 Å². The summed E-state index contributed by atoms with van der Waals surface area (Å²) in [6.45, 7) is 1.82. The van der Waals surface area contributed by atoms with Crippen molar-refractivity contribution >= 4 is 17.6 Å². The minimum Gasteiger partial charge on any atom is -0.494 e. The molecule has 0 bridgehead atoms. The Morgan fingerprint density at radius 2 is 1.97 bits per heavy atom. The first-order valence-corrected chi connectivity index (χ1v) is 9.44. The SMILES string of the molecule is COc1ccc([C@H]2c3c(C)nn(C)c3NC(=O)[C@@H]2NC(=O)c2ccccc2)cc1F. The number of amides is 2. The molecule has 3 aromatic rings. The largest absolute Gasteiger partial charge is 0.494 e. The number of halogens is 1. The molecule has 154 valence electrons. The molecule has 1 aromatic heterocycles. The van der Waals surface area contributed by atoms with Gasteiger partial charge >= 0.3 is 0 Å². The molecule has 0 spiro atoms. The maximum absolute atomic E-state index is 14.5. The molecule has 0 saturated carbocycles. The number of ether oxygens (including phenoxy) is 1. The van der Waals surface area contributed by atoms with E-state index in [1.165, 1.54) is 19.2 Å². The molecular formula is C22H21FN4O3. The monoisotopic (exact) mass is 408 g/mol. The van der Waals surface area contributed by atoms with Gasteiger partial charge in [0, 0.05) is 24.1 Å².